The number of carbonyl (C=O) groups excluding carboxylic acids is 2. The van der Waals surface area contributed by atoms with Gasteiger partial charge >= 0.3 is 0 Å². The van der Waals surface area contributed by atoms with Crippen LogP contribution in [0, 0.1) is 17.2 Å². The summed E-state index contributed by atoms with van der Waals surface area (Å²) in [5, 5.41) is 12.0. The van der Waals surface area contributed by atoms with E-state index in [4.69, 9.17) is 0 Å². The van der Waals surface area contributed by atoms with Gasteiger partial charge < -0.3 is 15.1 Å². The van der Waals surface area contributed by atoms with Crippen molar-refractivity contribution >= 4 is 17.6 Å². The summed E-state index contributed by atoms with van der Waals surface area (Å²) in [6.07, 6.45) is 8.17. The zero-order valence-electron chi connectivity index (χ0n) is 15.7. The smallest absolute Gasteiger partial charge is 0.242 e. The van der Waals surface area contributed by atoms with Crippen LogP contribution in [0.3, 0.4) is 0 Å². The van der Waals surface area contributed by atoms with Gasteiger partial charge in [0.25, 0.3) is 0 Å². The highest BCUT2D eigenvalue weighted by molar-refractivity contribution is 5.85. The van der Waals surface area contributed by atoms with Gasteiger partial charge in [0.05, 0.1) is 12.1 Å². The normalized spacial score (nSPS) is 18.0. The lowest BCUT2D eigenvalue weighted by atomic mass is 9.87. The van der Waals surface area contributed by atoms with Crippen molar-refractivity contribution in [2.24, 2.45) is 5.92 Å². The number of carbonyl (C=O) groups is 2. The van der Waals surface area contributed by atoms with Gasteiger partial charge in [-0.1, -0.05) is 19.3 Å². The van der Waals surface area contributed by atoms with E-state index in [9.17, 15) is 14.9 Å². The topological polar surface area (TPSA) is 89.3 Å². The van der Waals surface area contributed by atoms with Crippen molar-refractivity contribution in [2.75, 3.05) is 37.6 Å². The monoisotopic (exact) mass is 369 g/mol. The molecule has 0 unspecified atom stereocenters. The second-order valence-electron chi connectivity index (χ2n) is 7.34. The Kier molecular flexibility index (Phi) is 6.64. The molecule has 1 aromatic rings. The van der Waals surface area contributed by atoms with E-state index < -0.39 is 0 Å². The lowest BCUT2D eigenvalue weighted by molar-refractivity contribution is -0.133. The van der Waals surface area contributed by atoms with Gasteiger partial charge in [-0.2, -0.15) is 5.26 Å². The van der Waals surface area contributed by atoms with E-state index in [0.29, 0.717) is 49.9 Å². The van der Waals surface area contributed by atoms with E-state index in [1.807, 2.05) is 4.90 Å². The van der Waals surface area contributed by atoms with Crippen molar-refractivity contribution in [1.29, 1.82) is 5.26 Å². The second-order valence-corrected chi connectivity index (χ2v) is 7.34. The molecule has 7 heteroatoms. The van der Waals surface area contributed by atoms with Crippen LogP contribution in [0.25, 0.3) is 0 Å². The van der Waals surface area contributed by atoms with Crippen molar-refractivity contribution in [3.63, 3.8) is 0 Å². The van der Waals surface area contributed by atoms with Crippen LogP contribution in [0.15, 0.2) is 18.3 Å². The number of rotatable bonds is 5. The predicted octanol–water partition coefficient (Wildman–Crippen LogP) is 1.69. The molecule has 1 aliphatic carbocycles. The Balaban J connectivity index is 1.42. The van der Waals surface area contributed by atoms with Gasteiger partial charge in [0.2, 0.25) is 11.8 Å². The van der Waals surface area contributed by atoms with Gasteiger partial charge in [-0.05, 0) is 30.9 Å². The number of aromatic nitrogens is 1. The molecule has 7 nitrogen and oxygen atoms in total. The number of hydrogen-bond acceptors (Lipinski definition) is 5. The molecule has 144 valence electrons. The quantitative estimate of drug-likeness (QED) is 0.853. The van der Waals surface area contributed by atoms with E-state index in [0.717, 1.165) is 12.8 Å². The SMILES string of the molecule is N#Cc1cccnc1N1CCN(C(=O)CNC(=O)CC2CCCCC2)CC1. The number of hydrogen-bond donors (Lipinski definition) is 1. The molecule has 2 aliphatic rings. The second kappa shape index (κ2) is 9.36. The molecule has 2 fully saturated rings. The van der Waals surface area contributed by atoms with Gasteiger partial charge in [0.15, 0.2) is 0 Å². The molecule has 1 N–H and O–H groups in total. The summed E-state index contributed by atoms with van der Waals surface area (Å²) < 4.78 is 0. The molecule has 1 saturated heterocycles. The minimum atomic E-state index is -0.0480. The molecule has 1 saturated carbocycles. The zero-order chi connectivity index (χ0) is 19.1. The summed E-state index contributed by atoms with van der Waals surface area (Å²) in [5.74, 6) is 1.09. The number of pyridine rings is 1. The van der Waals surface area contributed by atoms with Gasteiger partial charge in [-0.25, -0.2) is 4.98 Å². The predicted molar refractivity (Wildman–Crippen MR) is 102 cm³/mol. The first-order valence-electron chi connectivity index (χ1n) is 9.82. The number of anilines is 1. The Morgan fingerprint density at radius 3 is 2.63 bits per heavy atom. The minimum absolute atomic E-state index is 0.0129. The summed E-state index contributed by atoms with van der Waals surface area (Å²) in [7, 11) is 0. The van der Waals surface area contributed by atoms with Crippen molar-refractivity contribution in [2.45, 2.75) is 38.5 Å². The number of nitriles is 1. The molecule has 0 spiro atoms. The summed E-state index contributed by atoms with van der Waals surface area (Å²) >= 11 is 0. The maximum absolute atomic E-state index is 12.4. The minimum Gasteiger partial charge on any atom is -0.352 e. The third-order valence-electron chi connectivity index (χ3n) is 5.47. The highest BCUT2D eigenvalue weighted by Gasteiger charge is 2.24. The Hall–Kier alpha value is -2.62. The molecular formula is C20H27N5O2. The third kappa shape index (κ3) is 5.19. The van der Waals surface area contributed by atoms with Gasteiger partial charge in [0, 0.05) is 38.8 Å². The average Bonchev–Trinajstić information content (AvgIpc) is 2.73. The van der Waals surface area contributed by atoms with E-state index in [2.05, 4.69) is 16.4 Å². The molecule has 1 aliphatic heterocycles. The fourth-order valence-electron chi connectivity index (χ4n) is 3.92. The number of piperazine rings is 1. The lowest BCUT2D eigenvalue weighted by Gasteiger charge is -2.35. The maximum Gasteiger partial charge on any atom is 0.242 e. The Bertz CT molecular complexity index is 701. The Morgan fingerprint density at radius 1 is 1.19 bits per heavy atom. The van der Waals surface area contributed by atoms with E-state index in [1.54, 1.807) is 23.2 Å². The summed E-state index contributed by atoms with van der Waals surface area (Å²) in [5.41, 5.74) is 0.548. The number of amides is 2. The standard InChI is InChI=1S/C20H27N5O2/c21-14-17-7-4-8-22-20(17)25-11-9-24(10-12-25)19(27)15-23-18(26)13-16-5-2-1-3-6-16/h4,7-8,16H,1-3,5-6,9-13,15H2,(H,23,26). The molecular weight excluding hydrogens is 342 g/mol. The van der Waals surface area contributed by atoms with Gasteiger partial charge in [-0.15, -0.1) is 0 Å². The Labute approximate surface area is 160 Å². The molecule has 1 aromatic heterocycles. The van der Waals surface area contributed by atoms with Crippen LogP contribution < -0.4 is 10.2 Å². The first-order chi connectivity index (χ1) is 13.2. The molecule has 0 aromatic carbocycles. The zero-order valence-corrected chi connectivity index (χ0v) is 15.7. The van der Waals surface area contributed by atoms with E-state index in [-0.39, 0.29) is 18.4 Å². The fraction of sp³-hybridized carbons (Fsp3) is 0.600. The third-order valence-corrected chi connectivity index (χ3v) is 5.47. The first-order valence-corrected chi connectivity index (χ1v) is 9.82. The van der Waals surface area contributed by atoms with Gasteiger partial charge in [-0.3, -0.25) is 9.59 Å². The van der Waals surface area contributed by atoms with Gasteiger partial charge in [0.1, 0.15) is 11.9 Å². The van der Waals surface area contributed by atoms with Crippen LogP contribution in [-0.2, 0) is 9.59 Å². The van der Waals surface area contributed by atoms with Crippen LogP contribution in [0.2, 0.25) is 0 Å². The maximum atomic E-state index is 12.4. The van der Waals surface area contributed by atoms with Crippen molar-refractivity contribution in [3.05, 3.63) is 23.9 Å². The lowest BCUT2D eigenvalue weighted by Crippen LogP contribution is -2.51. The summed E-state index contributed by atoms with van der Waals surface area (Å²) in [6.45, 7) is 2.47. The molecule has 0 atom stereocenters. The van der Waals surface area contributed by atoms with Crippen molar-refractivity contribution < 1.29 is 9.59 Å². The molecule has 0 bridgehead atoms. The first kappa shape index (κ1) is 19.2. The number of nitrogens with one attached hydrogen (secondary N) is 1. The van der Waals surface area contributed by atoms with Crippen molar-refractivity contribution in [3.8, 4) is 6.07 Å². The molecule has 2 heterocycles. The molecule has 3 rings (SSSR count). The largest absolute Gasteiger partial charge is 0.352 e. The van der Waals surface area contributed by atoms with Crippen molar-refractivity contribution in [1.82, 2.24) is 15.2 Å². The van der Waals surface area contributed by atoms with Crippen LogP contribution >= 0.6 is 0 Å². The number of nitrogens with zero attached hydrogens (tertiary/aromatic N) is 4. The highest BCUT2D eigenvalue weighted by Crippen LogP contribution is 2.26. The molecule has 0 radical (unpaired) electrons. The van der Waals surface area contributed by atoms with Crippen LogP contribution in [0.5, 0.6) is 0 Å². The Morgan fingerprint density at radius 2 is 1.93 bits per heavy atom. The summed E-state index contributed by atoms with van der Waals surface area (Å²) in [6, 6.07) is 5.66. The summed E-state index contributed by atoms with van der Waals surface area (Å²) in [4.78, 5) is 32.6. The van der Waals surface area contributed by atoms with Crippen LogP contribution in [0.1, 0.15) is 44.1 Å². The van der Waals surface area contributed by atoms with Crippen LogP contribution in [0.4, 0.5) is 5.82 Å². The van der Waals surface area contributed by atoms with E-state index >= 15 is 0 Å². The molecule has 2 amide bonds. The average molecular weight is 369 g/mol. The van der Waals surface area contributed by atoms with Crippen LogP contribution in [-0.4, -0.2) is 54.4 Å². The molecule has 27 heavy (non-hydrogen) atoms. The van der Waals surface area contributed by atoms with E-state index in [1.165, 1.54) is 19.3 Å². The highest BCUT2D eigenvalue weighted by atomic mass is 16.2. The fourth-order valence-corrected chi connectivity index (χ4v) is 3.92.